The fraction of sp³-hybridized carbons (Fsp3) is 0.238. The fourth-order valence-electron chi connectivity index (χ4n) is 4.57. The maximum atomic E-state index is 13.0. The summed E-state index contributed by atoms with van der Waals surface area (Å²) in [4.78, 5) is 17.9. The highest BCUT2D eigenvalue weighted by Gasteiger charge is 2.65. The first-order chi connectivity index (χ1) is 12.2. The highest BCUT2D eigenvalue weighted by molar-refractivity contribution is 6.30. The van der Waals surface area contributed by atoms with E-state index in [2.05, 4.69) is 12.2 Å². The number of carbonyl (C=O) groups is 1. The van der Waals surface area contributed by atoms with E-state index in [9.17, 15) is 4.79 Å². The van der Waals surface area contributed by atoms with Gasteiger partial charge in [-0.15, -0.1) is 0 Å². The van der Waals surface area contributed by atoms with Crippen molar-refractivity contribution in [1.82, 2.24) is 0 Å². The number of nitrogens with zero attached hydrogens (tertiary/aromatic N) is 1. The number of hydrogen-bond acceptors (Lipinski definition) is 3. The predicted molar refractivity (Wildman–Crippen MR) is 96.7 cm³/mol. The molecule has 1 aliphatic heterocycles. The predicted octanol–water partition coefficient (Wildman–Crippen LogP) is 4.37. The van der Waals surface area contributed by atoms with Crippen LogP contribution in [-0.4, -0.2) is 17.4 Å². The van der Waals surface area contributed by atoms with Crippen LogP contribution in [0, 0.1) is 11.8 Å². The topological polar surface area (TPSA) is 38.7 Å². The molecule has 3 aliphatic rings. The van der Waals surface area contributed by atoms with Crippen LogP contribution in [0.4, 0.5) is 0 Å². The van der Waals surface area contributed by atoms with E-state index < -0.39 is 5.54 Å². The summed E-state index contributed by atoms with van der Waals surface area (Å²) in [6.07, 6.45) is 5.29. The first-order valence-electron chi connectivity index (χ1n) is 8.50. The molecule has 1 heterocycles. The largest absolute Gasteiger partial charge is 0.405 e. The quantitative estimate of drug-likeness (QED) is 0.596. The van der Waals surface area contributed by atoms with Gasteiger partial charge in [-0.2, -0.15) is 0 Å². The van der Waals surface area contributed by atoms with Crippen molar-refractivity contribution in [3.05, 3.63) is 82.9 Å². The van der Waals surface area contributed by atoms with Gasteiger partial charge in [0.1, 0.15) is 0 Å². The second-order valence-electron chi connectivity index (χ2n) is 6.92. The van der Waals surface area contributed by atoms with E-state index in [0.29, 0.717) is 16.8 Å². The van der Waals surface area contributed by atoms with E-state index in [0.717, 1.165) is 17.5 Å². The Labute approximate surface area is 151 Å². The fourth-order valence-corrected chi connectivity index (χ4v) is 4.70. The second-order valence-corrected chi connectivity index (χ2v) is 7.35. The molecule has 0 aromatic heterocycles. The van der Waals surface area contributed by atoms with Crippen LogP contribution in [0.15, 0.2) is 71.7 Å². The normalized spacial score (nSPS) is 32.3. The number of halogens is 1. The van der Waals surface area contributed by atoms with Gasteiger partial charge in [-0.25, -0.2) is 9.79 Å². The minimum Gasteiger partial charge on any atom is -0.405 e. The lowest BCUT2D eigenvalue weighted by Crippen LogP contribution is -2.44. The number of fused-ring (bicyclic) bond motifs is 3. The van der Waals surface area contributed by atoms with E-state index in [-0.39, 0.29) is 17.8 Å². The van der Waals surface area contributed by atoms with Gasteiger partial charge in [-0.05, 0) is 42.2 Å². The summed E-state index contributed by atoms with van der Waals surface area (Å²) in [6, 6.07) is 17.4. The number of esters is 1. The molecule has 4 atom stereocenters. The van der Waals surface area contributed by atoms with Crippen LogP contribution in [0.2, 0.25) is 5.02 Å². The van der Waals surface area contributed by atoms with Crippen molar-refractivity contribution in [1.29, 1.82) is 0 Å². The standard InChI is InChI=1S/C21H16ClNO2/c22-17-10-7-13(8-11-17)18-15-6-9-16(12-15)21(18)20(24)25-19(23-21)14-4-2-1-3-5-14/h1-11,15-16,18H,12H2/t15?,16?,18-,21+/m1/s1. The number of cyclic esters (lactones) is 1. The third kappa shape index (κ3) is 2.05. The molecule has 0 N–H and O–H groups in total. The van der Waals surface area contributed by atoms with Crippen LogP contribution in [0.1, 0.15) is 23.5 Å². The molecule has 2 aliphatic carbocycles. The average Bonchev–Trinajstić information content (AvgIpc) is 3.32. The van der Waals surface area contributed by atoms with Gasteiger partial charge in [0.15, 0.2) is 5.54 Å². The van der Waals surface area contributed by atoms with Crippen molar-refractivity contribution in [2.75, 3.05) is 0 Å². The first kappa shape index (κ1) is 14.9. The summed E-state index contributed by atoms with van der Waals surface area (Å²) in [5.74, 6) is 0.589. The van der Waals surface area contributed by atoms with Crippen LogP contribution >= 0.6 is 11.6 Å². The third-order valence-corrected chi connectivity index (χ3v) is 5.89. The van der Waals surface area contributed by atoms with Gasteiger partial charge in [0, 0.05) is 22.4 Å². The number of carbonyl (C=O) groups excluding carboxylic acids is 1. The molecule has 0 amide bonds. The van der Waals surface area contributed by atoms with Gasteiger partial charge in [0.2, 0.25) is 5.90 Å². The molecule has 0 radical (unpaired) electrons. The number of benzene rings is 2. The highest BCUT2D eigenvalue weighted by atomic mass is 35.5. The summed E-state index contributed by atoms with van der Waals surface area (Å²) in [6.45, 7) is 0. The van der Waals surface area contributed by atoms with Crippen molar-refractivity contribution in [2.45, 2.75) is 17.9 Å². The summed E-state index contributed by atoms with van der Waals surface area (Å²) >= 11 is 6.05. The molecule has 5 rings (SSSR count). The van der Waals surface area contributed by atoms with Gasteiger partial charge < -0.3 is 4.74 Å². The van der Waals surface area contributed by atoms with E-state index in [1.807, 2.05) is 54.6 Å². The Bertz CT molecular complexity index is 903. The third-order valence-electron chi connectivity index (χ3n) is 5.64. The molecule has 3 nitrogen and oxygen atoms in total. The smallest absolute Gasteiger partial charge is 0.342 e. The number of aliphatic imine (C=N–C) groups is 1. The number of allylic oxidation sites excluding steroid dienone is 1. The van der Waals surface area contributed by atoms with Gasteiger partial charge >= 0.3 is 5.97 Å². The molecule has 25 heavy (non-hydrogen) atoms. The summed E-state index contributed by atoms with van der Waals surface area (Å²) in [5.41, 5.74) is 1.09. The maximum Gasteiger partial charge on any atom is 0.342 e. The lowest BCUT2D eigenvalue weighted by atomic mass is 9.73. The van der Waals surface area contributed by atoms with Crippen molar-refractivity contribution in [2.24, 2.45) is 16.8 Å². The summed E-state index contributed by atoms with van der Waals surface area (Å²) in [5, 5.41) is 0.693. The molecule has 2 unspecified atom stereocenters. The molecule has 2 aromatic rings. The van der Waals surface area contributed by atoms with Crippen molar-refractivity contribution in [3.63, 3.8) is 0 Å². The molecule has 2 bridgehead atoms. The van der Waals surface area contributed by atoms with Crippen LogP contribution in [0.5, 0.6) is 0 Å². The number of hydrogen-bond donors (Lipinski definition) is 0. The van der Waals surface area contributed by atoms with Gasteiger partial charge in [0.25, 0.3) is 0 Å². The molecule has 2 aromatic carbocycles. The van der Waals surface area contributed by atoms with Crippen molar-refractivity contribution < 1.29 is 9.53 Å². The zero-order valence-corrected chi connectivity index (χ0v) is 14.2. The Balaban J connectivity index is 1.65. The molecular formula is C21H16ClNO2. The van der Waals surface area contributed by atoms with Crippen LogP contribution in [0.3, 0.4) is 0 Å². The van der Waals surface area contributed by atoms with Gasteiger partial charge in [-0.3, -0.25) is 0 Å². The van der Waals surface area contributed by atoms with Crippen molar-refractivity contribution >= 4 is 23.5 Å². The Morgan fingerprint density at radius 1 is 1.04 bits per heavy atom. The lowest BCUT2D eigenvalue weighted by Gasteiger charge is -2.32. The molecule has 1 fully saturated rings. The lowest BCUT2D eigenvalue weighted by molar-refractivity contribution is -0.140. The second kappa shape index (κ2) is 5.30. The minimum atomic E-state index is -0.849. The molecule has 1 saturated carbocycles. The summed E-state index contributed by atoms with van der Waals surface area (Å²) < 4.78 is 5.66. The monoisotopic (exact) mass is 349 g/mol. The van der Waals surface area contributed by atoms with E-state index >= 15 is 0 Å². The van der Waals surface area contributed by atoms with E-state index in [1.165, 1.54) is 0 Å². The zero-order chi connectivity index (χ0) is 17.0. The molecule has 0 saturated heterocycles. The molecule has 124 valence electrons. The Morgan fingerprint density at radius 2 is 1.80 bits per heavy atom. The van der Waals surface area contributed by atoms with Crippen LogP contribution < -0.4 is 0 Å². The minimum absolute atomic E-state index is 0.00604. The Hall–Kier alpha value is -2.39. The summed E-state index contributed by atoms with van der Waals surface area (Å²) in [7, 11) is 0. The number of ether oxygens (including phenoxy) is 1. The highest BCUT2D eigenvalue weighted by Crippen LogP contribution is 2.59. The van der Waals surface area contributed by atoms with Gasteiger partial charge in [0.05, 0.1) is 0 Å². The van der Waals surface area contributed by atoms with Crippen LogP contribution in [0.25, 0.3) is 0 Å². The molecule has 1 spiro atoms. The number of rotatable bonds is 2. The Kier molecular flexibility index (Phi) is 3.16. The zero-order valence-electron chi connectivity index (χ0n) is 13.4. The molecule has 4 heteroatoms. The molecular weight excluding hydrogens is 334 g/mol. The first-order valence-corrected chi connectivity index (χ1v) is 8.87. The van der Waals surface area contributed by atoms with E-state index in [4.69, 9.17) is 21.3 Å². The van der Waals surface area contributed by atoms with Gasteiger partial charge in [-0.1, -0.05) is 54.1 Å². The Morgan fingerprint density at radius 3 is 2.56 bits per heavy atom. The van der Waals surface area contributed by atoms with E-state index in [1.54, 1.807) is 0 Å². The van der Waals surface area contributed by atoms with Crippen LogP contribution in [-0.2, 0) is 9.53 Å². The van der Waals surface area contributed by atoms with Crippen molar-refractivity contribution in [3.8, 4) is 0 Å². The SMILES string of the molecule is O=C1OC(c2ccccc2)=N[C@]12C1C=CC(C1)[C@H]2c1ccc(Cl)cc1. The maximum absolute atomic E-state index is 13.0. The average molecular weight is 350 g/mol.